The molecule has 29 heavy (non-hydrogen) atoms. The van der Waals surface area contributed by atoms with Gasteiger partial charge in [-0.05, 0) is 0 Å². The normalized spacial score (nSPS) is 15.5. The van der Waals surface area contributed by atoms with E-state index in [1.54, 1.807) is 0 Å². The van der Waals surface area contributed by atoms with Crippen molar-refractivity contribution in [1.29, 1.82) is 0 Å². The van der Waals surface area contributed by atoms with Crippen LogP contribution in [0.4, 0.5) is 0 Å². The molecule has 1 fully saturated rings. The number of methoxy groups -OCH3 is 1. The third-order valence-electron chi connectivity index (χ3n) is 3.55. The van der Waals surface area contributed by atoms with E-state index in [1.165, 1.54) is 21.0 Å². The molecule has 2 amide bonds. The minimum Gasteiger partial charge on any atom is -0.460 e. The van der Waals surface area contributed by atoms with Crippen molar-refractivity contribution in [3.63, 3.8) is 0 Å². The van der Waals surface area contributed by atoms with Gasteiger partial charge in [0.25, 0.3) is 11.8 Å². The summed E-state index contributed by atoms with van der Waals surface area (Å²) in [5.74, 6) is -6.03. The summed E-state index contributed by atoms with van der Waals surface area (Å²) < 4.78 is 19.4. The number of amides is 2. The van der Waals surface area contributed by atoms with Crippen molar-refractivity contribution in [3.05, 3.63) is 0 Å². The first-order chi connectivity index (χ1) is 13.7. The summed E-state index contributed by atoms with van der Waals surface area (Å²) >= 11 is 0. The van der Waals surface area contributed by atoms with Crippen molar-refractivity contribution >= 4 is 35.7 Å². The molecule has 1 heterocycles. The number of nitrogens with zero attached hydrogens (tertiary/aromatic N) is 1. The molecule has 0 radical (unpaired) electrons. The summed E-state index contributed by atoms with van der Waals surface area (Å²) in [6.45, 7) is 2.63. The van der Waals surface area contributed by atoms with Crippen molar-refractivity contribution in [1.82, 2.24) is 5.06 Å². The highest BCUT2D eigenvalue weighted by atomic mass is 16.7. The molecule has 0 spiro atoms. The summed E-state index contributed by atoms with van der Waals surface area (Å²) in [4.78, 5) is 76.3. The molecule has 2 atom stereocenters. The molecule has 0 aromatic heterocycles. The Bertz CT molecular complexity index is 644. The maximum Gasteiger partial charge on any atom is 0.377 e. The number of imide groups is 1. The number of hydroxylamine groups is 2. The van der Waals surface area contributed by atoms with Crippen molar-refractivity contribution in [2.45, 2.75) is 51.7 Å². The first-order valence-electron chi connectivity index (χ1n) is 8.87. The number of rotatable bonds is 11. The van der Waals surface area contributed by atoms with E-state index in [4.69, 9.17) is 23.8 Å². The van der Waals surface area contributed by atoms with Gasteiger partial charge in [-0.1, -0.05) is 13.8 Å². The lowest BCUT2D eigenvalue weighted by atomic mass is 10.2. The third kappa shape index (κ3) is 7.14. The molecule has 0 aromatic carbocycles. The Morgan fingerprint density at radius 1 is 0.862 bits per heavy atom. The summed E-state index contributed by atoms with van der Waals surface area (Å²) in [5, 5.41) is 0.212. The Balaban J connectivity index is 3.10. The average Bonchev–Trinajstić information content (AvgIpc) is 3.01. The van der Waals surface area contributed by atoms with E-state index in [1.807, 2.05) is 0 Å². The summed E-state index contributed by atoms with van der Waals surface area (Å²) in [7, 11) is 1.36. The van der Waals surface area contributed by atoms with Gasteiger partial charge in [-0.2, -0.15) is 0 Å². The Morgan fingerprint density at radius 2 is 1.34 bits per heavy atom. The van der Waals surface area contributed by atoms with Gasteiger partial charge >= 0.3 is 23.9 Å². The minimum absolute atomic E-state index is 0.0147. The minimum atomic E-state index is -2.09. The standard InChI is InChI=1S/C17H23NO11/c1-4-12(21)27-14(16(23)26-9-8-25-3)15(28-13(22)5-2)17(24)29-18-10(19)6-7-11(18)20/h14-15H,4-9H2,1-3H3/t14-,15-/m1/s1. The number of ether oxygens (including phenoxy) is 4. The molecule has 0 saturated carbocycles. The van der Waals surface area contributed by atoms with Crippen LogP contribution in [0.2, 0.25) is 0 Å². The smallest absolute Gasteiger partial charge is 0.377 e. The van der Waals surface area contributed by atoms with Gasteiger partial charge in [-0.3, -0.25) is 19.2 Å². The molecule has 162 valence electrons. The fourth-order valence-electron chi connectivity index (χ4n) is 2.02. The highest BCUT2D eigenvalue weighted by Gasteiger charge is 2.45. The van der Waals surface area contributed by atoms with Gasteiger partial charge in [0, 0.05) is 32.8 Å². The van der Waals surface area contributed by atoms with Crippen LogP contribution in [0, 0.1) is 0 Å². The van der Waals surface area contributed by atoms with Crippen LogP contribution in [-0.2, 0) is 52.6 Å². The first kappa shape index (κ1) is 24.0. The lowest BCUT2D eigenvalue weighted by molar-refractivity contribution is -0.214. The van der Waals surface area contributed by atoms with E-state index in [-0.39, 0.29) is 44.0 Å². The van der Waals surface area contributed by atoms with Crippen molar-refractivity contribution in [3.8, 4) is 0 Å². The van der Waals surface area contributed by atoms with Gasteiger partial charge < -0.3 is 23.8 Å². The number of carbonyl (C=O) groups excluding carboxylic acids is 6. The van der Waals surface area contributed by atoms with Crippen LogP contribution < -0.4 is 0 Å². The first-order valence-corrected chi connectivity index (χ1v) is 8.87. The van der Waals surface area contributed by atoms with Crippen LogP contribution in [0.15, 0.2) is 0 Å². The molecule has 0 unspecified atom stereocenters. The Hall–Kier alpha value is -3.02. The monoisotopic (exact) mass is 417 g/mol. The zero-order chi connectivity index (χ0) is 22.0. The van der Waals surface area contributed by atoms with Crippen LogP contribution in [0.5, 0.6) is 0 Å². The van der Waals surface area contributed by atoms with Gasteiger partial charge in [0.1, 0.15) is 6.61 Å². The number of carbonyl (C=O) groups is 6. The Labute approximate surface area is 166 Å². The molecular formula is C17H23NO11. The average molecular weight is 417 g/mol. The molecule has 12 heteroatoms. The van der Waals surface area contributed by atoms with Gasteiger partial charge in [0.15, 0.2) is 0 Å². The maximum atomic E-state index is 12.5. The number of hydrogen-bond donors (Lipinski definition) is 0. The predicted octanol–water partition coefficient (Wildman–Crippen LogP) is -0.573. The van der Waals surface area contributed by atoms with Gasteiger partial charge in [-0.25, -0.2) is 9.59 Å². The van der Waals surface area contributed by atoms with Crippen LogP contribution >= 0.6 is 0 Å². The largest absolute Gasteiger partial charge is 0.460 e. The predicted molar refractivity (Wildman–Crippen MR) is 90.4 cm³/mol. The summed E-state index contributed by atoms with van der Waals surface area (Å²) in [6, 6.07) is 0. The van der Waals surface area contributed by atoms with Crippen LogP contribution in [-0.4, -0.2) is 73.3 Å². The summed E-state index contributed by atoms with van der Waals surface area (Å²) in [5.41, 5.74) is 0. The maximum absolute atomic E-state index is 12.5. The molecule has 0 N–H and O–H groups in total. The molecule has 0 bridgehead atoms. The number of esters is 3. The molecule has 1 aliphatic heterocycles. The van der Waals surface area contributed by atoms with E-state index in [2.05, 4.69) is 0 Å². The lowest BCUT2D eigenvalue weighted by Crippen LogP contribution is -2.49. The van der Waals surface area contributed by atoms with E-state index < -0.39 is 47.9 Å². The summed E-state index contributed by atoms with van der Waals surface area (Å²) in [6.07, 6.45) is -4.77. The number of hydrogen-bond acceptors (Lipinski definition) is 11. The van der Waals surface area contributed by atoms with E-state index in [0.717, 1.165) is 0 Å². The molecular weight excluding hydrogens is 394 g/mol. The van der Waals surface area contributed by atoms with Gasteiger partial charge in [0.05, 0.1) is 6.61 Å². The van der Waals surface area contributed by atoms with Crippen molar-refractivity contribution in [2.75, 3.05) is 20.3 Å². The van der Waals surface area contributed by atoms with E-state index >= 15 is 0 Å². The van der Waals surface area contributed by atoms with Crippen molar-refractivity contribution < 1.29 is 52.6 Å². The highest BCUT2D eigenvalue weighted by Crippen LogP contribution is 2.17. The molecule has 1 saturated heterocycles. The zero-order valence-electron chi connectivity index (χ0n) is 16.3. The molecule has 1 rings (SSSR count). The van der Waals surface area contributed by atoms with Crippen molar-refractivity contribution in [2.24, 2.45) is 0 Å². The second-order valence-electron chi connectivity index (χ2n) is 5.68. The highest BCUT2D eigenvalue weighted by molar-refractivity contribution is 6.02. The van der Waals surface area contributed by atoms with Crippen LogP contribution in [0.3, 0.4) is 0 Å². The zero-order valence-corrected chi connectivity index (χ0v) is 16.3. The quantitative estimate of drug-likeness (QED) is 0.184. The molecule has 0 aromatic rings. The molecule has 12 nitrogen and oxygen atoms in total. The van der Waals surface area contributed by atoms with Crippen LogP contribution in [0.1, 0.15) is 39.5 Å². The second-order valence-corrected chi connectivity index (χ2v) is 5.68. The Morgan fingerprint density at radius 3 is 1.79 bits per heavy atom. The van der Waals surface area contributed by atoms with E-state index in [9.17, 15) is 28.8 Å². The van der Waals surface area contributed by atoms with E-state index in [0.29, 0.717) is 0 Å². The van der Waals surface area contributed by atoms with Gasteiger partial charge in [-0.15, -0.1) is 5.06 Å². The molecule has 0 aliphatic carbocycles. The van der Waals surface area contributed by atoms with Gasteiger partial charge in [0.2, 0.25) is 12.2 Å². The molecule has 1 aliphatic rings. The van der Waals surface area contributed by atoms with Crippen LogP contribution in [0.25, 0.3) is 0 Å². The SMILES string of the molecule is CCC(=O)O[C@@H](C(=O)OCCOC)[C@@H](OC(=O)CC)C(=O)ON1C(=O)CCC1=O. The second kappa shape index (κ2) is 11.7. The lowest BCUT2D eigenvalue weighted by Gasteiger charge is -2.25. The Kier molecular flexibility index (Phi) is 9.72. The fourth-order valence-corrected chi connectivity index (χ4v) is 2.02. The fraction of sp³-hybridized carbons (Fsp3) is 0.647. The third-order valence-corrected chi connectivity index (χ3v) is 3.55. The topological polar surface area (TPSA) is 152 Å².